The zero-order valence-electron chi connectivity index (χ0n) is 33.6. The van der Waals surface area contributed by atoms with Crippen molar-refractivity contribution >= 4 is 29.6 Å². The molecule has 0 aliphatic carbocycles. The van der Waals surface area contributed by atoms with E-state index < -0.39 is 59.7 Å². The molecule has 2 heterocycles. The second-order valence-electron chi connectivity index (χ2n) is 15.7. The fourth-order valence-electron chi connectivity index (χ4n) is 8.07. The molecular weight excluding hydrogens is 678 g/mol. The summed E-state index contributed by atoms with van der Waals surface area (Å²) in [5.74, 6) is -3.14. The highest BCUT2D eigenvalue weighted by molar-refractivity contribution is 5.92. The number of carbonyl (C=O) groups excluding carboxylic acids is 4. The third-order valence-corrected chi connectivity index (χ3v) is 11.9. The summed E-state index contributed by atoms with van der Waals surface area (Å²) < 4.78 is 11.9. The average molecular weight is 744 g/mol. The molecule has 0 bridgehead atoms. The fourth-order valence-corrected chi connectivity index (χ4v) is 8.07. The molecule has 1 aromatic rings. The van der Waals surface area contributed by atoms with Crippen LogP contribution in [-0.2, 0) is 39.9 Å². The van der Waals surface area contributed by atoms with Gasteiger partial charge in [-0.05, 0) is 63.6 Å². The van der Waals surface area contributed by atoms with E-state index >= 15 is 0 Å². The first-order chi connectivity index (χ1) is 25.0. The van der Waals surface area contributed by atoms with Crippen molar-refractivity contribution in [1.82, 2.24) is 25.3 Å². The number of hydrogen-bond donors (Lipinski definition) is 3. The van der Waals surface area contributed by atoms with Crippen LogP contribution in [0.15, 0.2) is 30.3 Å². The van der Waals surface area contributed by atoms with Gasteiger partial charge < -0.3 is 35.0 Å². The number of carbonyl (C=O) groups is 5. The minimum absolute atomic E-state index is 0.00360. The van der Waals surface area contributed by atoms with Crippen LogP contribution in [0.4, 0.5) is 0 Å². The highest BCUT2D eigenvalue weighted by Crippen LogP contribution is 2.31. The van der Waals surface area contributed by atoms with E-state index in [1.165, 1.54) is 7.11 Å². The quantitative estimate of drug-likeness (QED) is 0.193. The highest BCUT2D eigenvalue weighted by atomic mass is 16.5. The van der Waals surface area contributed by atoms with Crippen molar-refractivity contribution in [2.24, 2.45) is 17.8 Å². The molecule has 2 aliphatic heterocycles. The van der Waals surface area contributed by atoms with Crippen LogP contribution in [-0.4, -0.2) is 133 Å². The lowest BCUT2D eigenvalue weighted by Crippen LogP contribution is -2.61. The van der Waals surface area contributed by atoms with Crippen LogP contribution in [0.25, 0.3) is 0 Å². The molecule has 1 aromatic carbocycles. The molecule has 0 spiro atoms. The Morgan fingerprint density at radius 1 is 1.00 bits per heavy atom. The predicted octanol–water partition coefficient (Wildman–Crippen LogP) is 3.34. The van der Waals surface area contributed by atoms with Gasteiger partial charge in [0.1, 0.15) is 12.1 Å². The number of nitrogens with one attached hydrogen (secondary N) is 2. The van der Waals surface area contributed by atoms with Crippen LogP contribution < -0.4 is 10.6 Å². The largest absolute Gasteiger partial charge is 0.480 e. The van der Waals surface area contributed by atoms with Gasteiger partial charge in [0.25, 0.3) is 0 Å². The van der Waals surface area contributed by atoms with Crippen molar-refractivity contribution in [1.29, 1.82) is 0 Å². The first-order valence-corrected chi connectivity index (χ1v) is 19.2. The predicted molar refractivity (Wildman–Crippen MR) is 203 cm³/mol. The number of nitrogens with zero attached hydrogens (tertiary/aromatic N) is 3. The second kappa shape index (κ2) is 19.7. The Morgan fingerprint density at radius 3 is 2.19 bits per heavy atom. The Kier molecular flexibility index (Phi) is 16.3. The van der Waals surface area contributed by atoms with Gasteiger partial charge in [0.15, 0.2) is 0 Å². The van der Waals surface area contributed by atoms with Gasteiger partial charge in [-0.2, -0.15) is 0 Å². The monoisotopic (exact) mass is 743 g/mol. The number of hydrogen-bond acceptors (Lipinski definition) is 8. The molecule has 0 radical (unpaired) electrons. The summed E-state index contributed by atoms with van der Waals surface area (Å²) in [7, 11) is 6.70. The molecule has 2 fully saturated rings. The normalized spacial score (nSPS) is 23.1. The maximum absolute atomic E-state index is 14.2. The number of amides is 4. The third-order valence-electron chi connectivity index (χ3n) is 11.9. The summed E-state index contributed by atoms with van der Waals surface area (Å²) in [6.07, 6.45) is 2.48. The van der Waals surface area contributed by atoms with E-state index in [0.29, 0.717) is 19.4 Å². The number of likely N-dealkylation sites (tertiary alicyclic amines) is 2. The van der Waals surface area contributed by atoms with E-state index in [2.05, 4.69) is 10.6 Å². The molecule has 2 aliphatic rings. The van der Waals surface area contributed by atoms with Gasteiger partial charge in [0.2, 0.25) is 23.6 Å². The minimum atomic E-state index is -1.14. The molecule has 13 nitrogen and oxygen atoms in total. The van der Waals surface area contributed by atoms with Crippen molar-refractivity contribution in [2.45, 2.75) is 128 Å². The fraction of sp³-hybridized carbons (Fsp3) is 0.725. The molecule has 2 saturated heterocycles. The van der Waals surface area contributed by atoms with Crippen LogP contribution in [0.1, 0.15) is 85.6 Å². The van der Waals surface area contributed by atoms with Crippen molar-refractivity contribution in [3.8, 4) is 0 Å². The van der Waals surface area contributed by atoms with E-state index in [9.17, 15) is 29.1 Å². The Balaban J connectivity index is 1.77. The zero-order chi connectivity index (χ0) is 39.6. The first-order valence-electron chi connectivity index (χ1n) is 19.2. The summed E-state index contributed by atoms with van der Waals surface area (Å²) in [4.78, 5) is 73.0. The van der Waals surface area contributed by atoms with E-state index in [4.69, 9.17) is 9.47 Å². The topological polar surface area (TPSA) is 158 Å². The lowest BCUT2D eigenvalue weighted by atomic mass is 9.89. The smallest absolute Gasteiger partial charge is 0.326 e. The van der Waals surface area contributed by atoms with Crippen LogP contribution in [0.2, 0.25) is 0 Å². The van der Waals surface area contributed by atoms with Crippen molar-refractivity contribution in [3.05, 3.63) is 35.9 Å². The van der Waals surface area contributed by atoms with Crippen LogP contribution >= 0.6 is 0 Å². The van der Waals surface area contributed by atoms with Crippen molar-refractivity contribution in [2.75, 3.05) is 41.4 Å². The molecular formula is C40H65N5O8. The van der Waals surface area contributed by atoms with E-state index in [-0.39, 0.29) is 42.4 Å². The number of likely N-dealkylation sites (N-methyl/N-ethyl adjacent to an activating group) is 2. The van der Waals surface area contributed by atoms with Gasteiger partial charge in [-0.25, -0.2) is 4.79 Å². The van der Waals surface area contributed by atoms with Crippen LogP contribution in [0.3, 0.4) is 0 Å². The Morgan fingerprint density at radius 2 is 1.66 bits per heavy atom. The molecule has 9 atom stereocenters. The summed E-state index contributed by atoms with van der Waals surface area (Å²) in [6, 6.07) is 6.34. The standard InChI is InChI=1S/C40H65N5O8/c1-11-26(4)34(44(8)37(48)33(25(2)3)42-39(51)40(6)20-16-21-43(40)7)31(52-9)24-32(46)45-22-15-19-30(45)35(53-10)27(5)36(47)41-29(38(49)50)23-28-17-13-12-14-18-28/h12-14,17-18,25-27,29-31,33-35H,11,15-16,19-24H2,1-10H3,(H,41,47)(H,42,51)(H,49,50)/t26-,27+,29-,30-,31+,33-,34?,35?,40+/m0/s1. The Bertz CT molecular complexity index is 1390. The molecule has 0 aromatic heterocycles. The highest BCUT2D eigenvalue weighted by Gasteiger charge is 2.45. The number of ether oxygens (including phenoxy) is 2. The maximum atomic E-state index is 14.2. The second-order valence-corrected chi connectivity index (χ2v) is 15.7. The van der Waals surface area contributed by atoms with Gasteiger partial charge in [-0.1, -0.05) is 71.4 Å². The summed E-state index contributed by atoms with van der Waals surface area (Å²) in [5, 5.41) is 15.6. The van der Waals surface area contributed by atoms with Gasteiger partial charge in [-0.3, -0.25) is 24.1 Å². The SMILES string of the molecule is CC[C@H](C)C([C@@H](CC(=O)N1CCC[C@H]1C(OC)[C@@H](C)C(=O)N[C@@H](Cc1ccccc1)C(=O)O)OC)N(C)C(=O)[C@@H](NC(=O)[C@@]1(C)CCCN1C)C(C)C. The van der Waals surface area contributed by atoms with Gasteiger partial charge in [0.05, 0.1) is 42.2 Å². The molecule has 2 unspecified atom stereocenters. The summed E-state index contributed by atoms with van der Waals surface area (Å²) >= 11 is 0. The van der Waals surface area contributed by atoms with Gasteiger partial charge in [-0.15, -0.1) is 0 Å². The van der Waals surface area contributed by atoms with Crippen LogP contribution in [0, 0.1) is 17.8 Å². The van der Waals surface area contributed by atoms with E-state index in [1.54, 1.807) is 30.9 Å². The van der Waals surface area contributed by atoms with Crippen LogP contribution in [0.5, 0.6) is 0 Å². The number of benzene rings is 1. The average Bonchev–Trinajstić information content (AvgIpc) is 3.76. The summed E-state index contributed by atoms with van der Waals surface area (Å²) in [5.41, 5.74) is 0.101. The number of aliphatic carboxylic acids is 1. The molecule has 13 heteroatoms. The lowest BCUT2D eigenvalue weighted by molar-refractivity contribution is -0.148. The van der Waals surface area contributed by atoms with Crippen molar-refractivity contribution < 1.29 is 38.6 Å². The molecule has 0 saturated carbocycles. The zero-order valence-corrected chi connectivity index (χ0v) is 33.6. The van der Waals surface area contributed by atoms with Gasteiger partial charge in [0, 0.05) is 34.2 Å². The number of carboxylic acid groups (broad SMARTS) is 1. The molecule has 3 N–H and O–H groups in total. The number of methoxy groups -OCH3 is 2. The summed E-state index contributed by atoms with van der Waals surface area (Å²) in [6.45, 7) is 12.8. The minimum Gasteiger partial charge on any atom is -0.480 e. The molecule has 4 amide bonds. The first kappa shape index (κ1) is 43.9. The lowest BCUT2D eigenvalue weighted by Gasteiger charge is -2.41. The third kappa shape index (κ3) is 10.6. The van der Waals surface area contributed by atoms with Gasteiger partial charge >= 0.3 is 5.97 Å². The molecule has 298 valence electrons. The Labute approximate surface area is 316 Å². The van der Waals surface area contributed by atoms with E-state index in [1.807, 2.05) is 76.9 Å². The van der Waals surface area contributed by atoms with Crippen molar-refractivity contribution in [3.63, 3.8) is 0 Å². The maximum Gasteiger partial charge on any atom is 0.326 e. The number of carboxylic acids is 1. The Hall–Kier alpha value is -3.55. The molecule has 3 rings (SSSR count). The van der Waals surface area contributed by atoms with E-state index in [0.717, 1.165) is 31.4 Å². The number of rotatable bonds is 19. The molecule has 53 heavy (non-hydrogen) atoms.